The SMILES string of the molecule is CN(C)c1ccc(C(=O)N[C@@H]2CCCc3c2cnn3Cc2ccccc2)cc1[N+](=O)[O-]. The predicted molar refractivity (Wildman–Crippen MR) is 118 cm³/mol. The minimum atomic E-state index is -0.460. The lowest BCUT2D eigenvalue weighted by Crippen LogP contribution is -2.31. The molecule has 1 aliphatic rings. The Kier molecular flexibility index (Phi) is 5.70. The summed E-state index contributed by atoms with van der Waals surface area (Å²) < 4.78 is 2.00. The van der Waals surface area contributed by atoms with Gasteiger partial charge in [0, 0.05) is 37.0 Å². The summed E-state index contributed by atoms with van der Waals surface area (Å²) in [7, 11) is 3.47. The molecule has 1 N–H and O–H groups in total. The number of nitro groups is 1. The smallest absolute Gasteiger partial charge is 0.293 e. The van der Waals surface area contributed by atoms with E-state index < -0.39 is 4.92 Å². The van der Waals surface area contributed by atoms with Crippen LogP contribution in [-0.4, -0.2) is 34.7 Å². The summed E-state index contributed by atoms with van der Waals surface area (Å²) in [5.74, 6) is -0.318. The molecule has 2 aromatic carbocycles. The van der Waals surface area contributed by atoms with Crippen LogP contribution < -0.4 is 10.2 Å². The Hall–Kier alpha value is -3.68. The number of rotatable bonds is 6. The van der Waals surface area contributed by atoms with Crippen molar-refractivity contribution in [2.24, 2.45) is 0 Å². The van der Waals surface area contributed by atoms with Gasteiger partial charge >= 0.3 is 0 Å². The molecule has 1 heterocycles. The molecule has 0 aliphatic heterocycles. The molecule has 0 radical (unpaired) electrons. The van der Waals surface area contributed by atoms with Crippen molar-refractivity contribution < 1.29 is 9.72 Å². The first-order chi connectivity index (χ1) is 14.9. The molecular weight excluding hydrogens is 394 g/mol. The summed E-state index contributed by atoms with van der Waals surface area (Å²) in [5, 5.41) is 19.1. The Morgan fingerprint density at radius 1 is 1.26 bits per heavy atom. The van der Waals surface area contributed by atoms with Crippen molar-refractivity contribution in [3.8, 4) is 0 Å². The zero-order valence-corrected chi connectivity index (χ0v) is 17.6. The lowest BCUT2D eigenvalue weighted by atomic mass is 9.92. The van der Waals surface area contributed by atoms with Crippen LogP contribution in [0.2, 0.25) is 0 Å². The molecule has 8 nitrogen and oxygen atoms in total. The van der Waals surface area contributed by atoms with Gasteiger partial charge in [0.25, 0.3) is 11.6 Å². The first kappa shape index (κ1) is 20.6. The highest BCUT2D eigenvalue weighted by Crippen LogP contribution is 2.31. The van der Waals surface area contributed by atoms with Gasteiger partial charge in [0.1, 0.15) is 5.69 Å². The second kappa shape index (κ2) is 8.59. The number of anilines is 1. The van der Waals surface area contributed by atoms with Crippen LogP contribution in [0.1, 0.15) is 46.1 Å². The Morgan fingerprint density at radius 2 is 2.03 bits per heavy atom. The lowest BCUT2D eigenvalue weighted by molar-refractivity contribution is -0.384. The summed E-state index contributed by atoms with van der Waals surface area (Å²) in [6, 6.07) is 14.6. The molecule has 4 rings (SSSR count). The number of benzene rings is 2. The third-order valence-corrected chi connectivity index (χ3v) is 5.66. The Balaban J connectivity index is 1.54. The lowest BCUT2D eigenvalue weighted by Gasteiger charge is -2.24. The number of hydrogen-bond acceptors (Lipinski definition) is 5. The van der Waals surface area contributed by atoms with E-state index in [0.29, 0.717) is 12.2 Å². The molecule has 0 unspecified atom stereocenters. The number of nitrogens with zero attached hydrogens (tertiary/aromatic N) is 4. The molecule has 0 saturated carbocycles. The molecule has 3 aromatic rings. The minimum Gasteiger partial charge on any atom is -0.372 e. The molecule has 0 fully saturated rings. The summed E-state index contributed by atoms with van der Waals surface area (Å²) >= 11 is 0. The quantitative estimate of drug-likeness (QED) is 0.486. The number of amides is 1. The first-order valence-electron chi connectivity index (χ1n) is 10.3. The van der Waals surface area contributed by atoms with Gasteiger partial charge in [-0.25, -0.2) is 0 Å². The number of aromatic nitrogens is 2. The number of nitro benzene ring substituents is 1. The zero-order chi connectivity index (χ0) is 22.0. The standard InChI is InChI=1S/C23H25N5O3/c1-26(2)21-12-11-17(13-22(21)28(30)31)23(29)25-19-9-6-10-20-18(19)14-24-27(20)15-16-7-4-3-5-8-16/h3-5,7-8,11-14,19H,6,9-10,15H2,1-2H3,(H,25,29)/t19-/m1/s1. The third kappa shape index (κ3) is 4.28. The average Bonchev–Trinajstić information content (AvgIpc) is 3.17. The van der Waals surface area contributed by atoms with Gasteiger partial charge < -0.3 is 10.2 Å². The van der Waals surface area contributed by atoms with Crippen molar-refractivity contribution in [1.29, 1.82) is 0 Å². The van der Waals surface area contributed by atoms with E-state index in [0.717, 1.165) is 30.5 Å². The maximum atomic E-state index is 12.9. The highest BCUT2D eigenvalue weighted by Gasteiger charge is 2.27. The number of carbonyl (C=O) groups is 1. The summed E-state index contributed by atoms with van der Waals surface area (Å²) in [5.41, 5.74) is 3.99. The fourth-order valence-corrected chi connectivity index (χ4v) is 4.09. The average molecular weight is 419 g/mol. The van der Waals surface area contributed by atoms with E-state index in [4.69, 9.17) is 0 Å². The molecule has 8 heteroatoms. The van der Waals surface area contributed by atoms with Crippen LogP contribution in [0.3, 0.4) is 0 Å². The van der Waals surface area contributed by atoms with Crippen LogP contribution in [-0.2, 0) is 13.0 Å². The van der Waals surface area contributed by atoms with Crippen molar-refractivity contribution in [1.82, 2.24) is 15.1 Å². The molecule has 1 aliphatic carbocycles. The first-order valence-corrected chi connectivity index (χ1v) is 10.3. The van der Waals surface area contributed by atoms with Gasteiger partial charge in [-0.2, -0.15) is 5.10 Å². The molecule has 31 heavy (non-hydrogen) atoms. The van der Waals surface area contributed by atoms with E-state index in [9.17, 15) is 14.9 Å². The van der Waals surface area contributed by atoms with Gasteiger partial charge in [-0.05, 0) is 37.0 Å². The van der Waals surface area contributed by atoms with Crippen LogP contribution in [0.5, 0.6) is 0 Å². The zero-order valence-electron chi connectivity index (χ0n) is 17.6. The van der Waals surface area contributed by atoms with Gasteiger partial charge in [0.2, 0.25) is 0 Å². The number of nitrogens with one attached hydrogen (secondary N) is 1. The molecule has 1 amide bonds. The third-order valence-electron chi connectivity index (χ3n) is 5.66. The monoisotopic (exact) mass is 419 g/mol. The van der Waals surface area contributed by atoms with Crippen LogP contribution in [0.15, 0.2) is 54.7 Å². The van der Waals surface area contributed by atoms with Crippen molar-refractivity contribution in [2.75, 3.05) is 19.0 Å². The number of carbonyl (C=O) groups excluding carboxylic acids is 1. The molecule has 160 valence electrons. The molecular formula is C23H25N5O3. The van der Waals surface area contributed by atoms with Gasteiger partial charge in [0.15, 0.2) is 0 Å². The van der Waals surface area contributed by atoms with Crippen molar-refractivity contribution in [3.05, 3.63) is 87.2 Å². The second-order valence-corrected chi connectivity index (χ2v) is 7.96. The number of hydrogen-bond donors (Lipinski definition) is 1. The van der Waals surface area contributed by atoms with E-state index >= 15 is 0 Å². The van der Waals surface area contributed by atoms with Gasteiger partial charge in [-0.1, -0.05) is 30.3 Å². The van der Waals surface area contributed by atoms with Crippen molar-refractivity contribution >= 4 is 17.3 Å². The Labute approximate surface area is 180 Å². The van der Waals surface area contributed by atoms with Crippen LogP contribution in [0, 0.1) is 10.1 Å². The maximum Gasteiger partial charge on any atom is 0.293 e. The fraction of sp³-hybridized carbons (Fsp3) is 0.304. The second-order valence-electron chi connectivity index (χ2n) is 7.96. The molecule has 1 atom stereocenters. The van der Waals surface area contributed by atoms with Crippen molar-refractivity contribution in [2.45, 2.75) is 31.8 Å². The van der Waals surface area contributed by atoms with Gasteiger partial charge in [-0.15, -0.1) is 0 Å². The van der Waals surface area contributed by atoms with Crippen LogP contribution >= 0.6 is 0 Å². The highest BCUT2D eigenvalue weighted by molar-refractivity contribution is 5.96. The van der Waals surface area contributed by atoms with E-state index in [1.807, 2.05) is 29.1 Å². The van der Waals surface area contributed by atoms with Gasteiger partial charge in [-0.3, -0.25) is 19.6 Å². The van der Waals surface area contributed by atoms with Crippen LogP contribution in [0.4, 0.5) is 11.4 Å². The van der Waals surface area contributed by atoms with E-state index in [1.54, 1.807) is 31.1 Å². The molecule has 0 saturated heterocycles. The van der Waals surface area contributed by atoms with E-state index in [2.05, 4.69) is 22.5 Å². The molecule has 1 aromatic heterocycles. The maximum absolute atomic E-state index is 12.9. The Bertz CT molecular complexity index is 1110. The normalized spacial score (nSPS) is 15.2. The Morgan fingerprint density at radius 3 is 2.74 bits per heavy atom. The van der Waals surface area contributed by atoms with Crippen LogP contribution in [0.25, 0.3) is 0 Å². The van der Waals surface area contributed by atoms with E-state index in [1.165, 1.54) is 11.6 Å². The summed E-state index contributed by atoms with van der Waals surface area (Å²) in [6.45, 7) is 0.690. The summed E-state index contributed by atoms with van der Waals surface area (Å²) in [4.78, 5) is 25.5. The number of fused-ring (bicyclic) bond motifs is 1. The minimum absolute atomic E-state index is 0.0855. The van der Waals surface area contributed by atoms with Gasteiger partial charge in [0.05, 0.1) is 23.7 Å². The molecule has 0 spiro atoms. The predicted octanol–water partition coefficient (Wildman–Crippen LogP) is 3.71. The molecule has 0 bridgehead atoms. The summed E-state index contributed by atoms with van der Waals surface area (Å²) in [6.07, 6.45) is 4.50. The largest absolute Gasteiger partial charge is 0.372 e. The topological polar surface area (TPSA) is 93.3 Å². The van der Waals surface area contributed by atoms with Crippen molar-refractivity contribution in [3.63, 3.8) is 0 Å². The van der Waals surface area contributed by atoms with E-state index in [-0.39, 0.29) is 23.2 Å². The highest BCUT2D eigenvalue weighted by atomic mass is 16.6. The fourth-order valence-electron chi connectivity index (χ4n) is 4.09.